The van der Waals surface area contributed by atoms with Gasteiger partial charge in [-0.1, -0.05) is 27.7 Å². The standard InChI is InChI=1S/C13H22O4/c1-8-6-11(15)17-12(8)10(16-9(2)14)7-13(3,4)5/h8,10,12H,6-7H2,1-5H3/t8-,10?,12?/m1/s1. The third kappa shape index (κ3) is 4.36. The van der Waals surface area contributed by atoms with E-state index in [1.54, 1.807) is 0 Å². The largest absolute Gasteiger partial charge is 0.459 e. The van der Waals surface area contributed by atoms with Crippen LogP contribution in [0.1, 0.15) is 47.5 Å². The first-order valence-electron chi connectivity index (χ1n) is 6.06. The Balaban J connectivity index is 2.75. The maximum absolute atomic E-state index is 11.3. The van der Waals surface area contributed by atoms with E-state index in [4.69, 9.17) is 9.47 Å². The van der Waals surface area contributed by atoms with Crippen molar-refractivity contribution < 1.29 is 19.1 Å². The molecule has 1 rings (SSSR count). The van der Waals surface area contributed by atoms with Gasteiger partial charge in [0.2, 0.25) is 0 Å². The highest BCUT2D eigenvalue weighted by Crippen LogP contribution is 2.32. The normalized spacial score (nSPS) is 26.5. The molecule has 0 amide bonds. The van der Waals surface area contributed by atoms with Crippen molar-refractivity contribution in [3.05, 3.63) is 0 Å². The molecule has 1 aliphatic rings. The number of rotatable bonds is 3. The Bertz CT molecular complexity index is 303. The van der Waals surface area contributed by atoms with Crippen molar-refractivity contribution in [1.29, 1.82) is 0 Å². The fourth-order valence-electron chi connectivity index (χ4n) is 2.18. The molecular weight excluding hydrogens is 220 g/mol. The van der Waals surface area contributed by atoms with E-state index in [1.807, 2.05) is 6.92 Å². The van der Waals surface area contributed by atoms with Gasteiger partial charge in [0, 0.05) is 12.8 Å². The Labute approximate surface area is 103 Å². The van der Waals surface area contributed by atoms with Gasteiger partial charge in [0.1, 0.15) is 12.2 Å². The summed E-state index contributed by atoms with van der Waals surface area (Å²) in [6.45, 7) is 9.56. The molecule has 3 atom stereocenters. The summed E-state index contributed by atoms with van der Waals surface area (Å²) in [5.74, 6) is -0.419. The second-order valence-corrected chi connectivity index (χ2v) is 6.05. The second-order valence-electron chi connectivity index (χ2n) is 6.05. The maximum Gasteiger partial charge on any atom is 0.306 e. The quantitative estimate of drug-likeness (QED) is 0.713. The fourth-order valence-corrected chi connectivity index (χ4v) is 2.18. The number of hydrogen-bond donors (Lipinski definition) is 0. The van der Waals surface area contributed by atoms with Crippen molar-refractivity contribution in [2.24, 2.45) is 11.3 Å². The molecule has 0 aliphatic carbocycles. The average molecular weight is 242 g/mol. The summed E-state index contributed by atoms with van der Waals surface area (Å²) in [6.07, 6.45) is 0.459. The van der Waals surface area contributed by atoms with Crippen molar-refractivity contribution in [2.45, 2.75) is 59.7 Å². The number of hydrogen-bond acceptors (Lipinski definition) is 4. The van der Waals surface area contributed by atoms with Gasteiger partial charge in [0.25, 0.3) is 0 Å². The summed E-state index contributed by atoms with van der Waals surface area (Å²) < 4.78 is 10.6. The lowest BCUT2D eigenvalue weighted by Gasteiger charge is -2.30. The molecule has 98 valence electrons. The van der Waals surface area contributed by atoms with E-state index in [-0.39, 0.29) is 35.5 Å². The van der Waals surface area contributed by atoms with Gasteiger partial charge in [-0.05, 0) is 11.8 Å². The maximum atomic E-state index is 11.3. The van der Waals surface area contributed by atoms with Crippen LogP contribution in [0.5, 0.6) is 0 Å². The van der Waals surface area contributed by atoms with Crippen LogP contribution in [0.2, 0.25) is 0 Å². The van der Waals surface area contributed by atoms with Crippen LogP contribution in [-0.2, 0) is 19.1 Å². The van der Waals surface area contributed by atoms with E-state index >= 15 is 0 Å². The zero-order valence-corrected chi connectivity index (χ0v) is 11.3. The van der Waals surface area contributed by atoms with Gasteiger partial charge in [-0.25, -0.2) is 0 Å². The Morgan fingerprint density at radius 1 is 1.53 bits per heavy atom. The molecule has 0 aromatic carbocycles. The minimum Gasteiger partial charge on any atom is -0.459 e. The lowest BCUT2D eigenvalue weighted by molar-refractivity contribution is -0.163. The Kier molecular flexibility index (Phi) is 4.17. The van der Waals surface area contributed by atoms with Crippen LogP contribution in [-0.4, -0.2) is 24.1 Å². The Morgan fingerprint density at radius 3 is 2.47 bits per heavy atom. The summed E-state index contributed by atoms with van der Waals surface area (Å²) in [4.78, 5) is 22.4. The predicted molar refractivity (Wildman–Crippen MR) is 63.3 cm³/mol. The molecule has 4 nitrogen and oxygen atoms in total. The minimum absolute atomic E-state index is 0.0227. The van der Waals surface area contributed by atoms with Gasteiger partial charge < -0.3 is 9.47 Å². The third-order valence-electron chi connectivity index (χ3n) is 2.81. The zero-order valence-electron chi connectivity index (χ0n) is 11.3. The van der Waals surface area contributed by atoms with E-state index in [0.717, 1.165) is 0 Å². The number of ether oxygens (including phenoxy) is 2. The molecule has 0 bridgehead atoms. The van der Waals surface area contributed by atoms with Crippen LogP contribution in [0.4, 0.5) is 0 Å². The first-order valence-corrected chi connectivity index (χ1v) is 6.06. The summed E-state index contributed by atoms with van der Waals surface area (Å²) in [5, 5.41) is 0. The van der Waals surface area contributed by atoms with E-state index < -0.39 is 0 Å². The van der Waals surface area contributed by atoms with Crippen LogP contribution in [0.25, 0.3) is 0 Å². The first-order chi connectivity index (χ1) is 7.69. The van der Waals surface area contributed by atoms with Gasteiger partial charge in [0.15, 0.2) is 0 Å². The average Bonchev–Trinajstić information content (AvgIpc) is 2.40. The molecule has 0 spiro atoms. The van der Waals surface area contributed by atoms with Crippen LogP contribution >= 0.6 is 0 Å². The van der Waals surface area contributed by atoms with Gasteiger partial charge in [-0.3, -0.25) is 9.59 Å². The van der Waals surface area contributed by atoms with Gasteiger partial charge in [-0.15, -0.1) is 0 Å². The van der Waals surface area contributed by atoms with E-state index in [2.05, 4.69) is 20.8 Å². The highest BCUT2D eigenvalue weighted by Gasteiger charge is 2.40. The molecular formula is C13H22O4. The molecule has 0 aromatic heterocycles. The van der Waals surface area contributed by atoms with Crippen molar-refractivity contribution in [3.63, 3.8) is 0 Å². The molecule has 1 saturated heterocycles. The molecule has 0 saturated carbocycles. The zero-order chi connectivity index (χ0) is 13.2. The van der Waals surface area contributed by atoms with E-state index in [1.165, 1.54) is 6.92 Å². The van der Waals surface area contributed by atoms with E-state index in [0.29, 0.717) is 12.8 Å². The van der Waals surface area contributed by atoms with Crippen LogP contribution < -0.4 is 0 Å². The fraction of sp³-hybridized carbons (Fsp3) is 0.846. The Morgan fingerprint density at radius 2 is 2.12 bits per heavy atom. The number of esters is 2. The minimum atomic E-state index is -0.339. The first kappa shape index (κ1) is 14.0. The van der Waals surface area contributed by atoms with Crippen LogP contribution in [0.3, 0.4) is 0 Å². The van der Waals surface area contributed by atoms with Gasteiger partial charge in [0.05, 0.1) is 6.42 Å². The van der Waals surface area contributed by atoms with Crippen molar-refractivity contribution in [2.75, 3.05) is 0 Å². The summed E-state index contributed by atoms with van der Waals surface area (Å²) in [5.41, 5.74) is 0.0227. The Hall–Kier alpha value is -1.06. The molecule has 1 aliphatic heterocycles. The monoisotopic (exact) mass is 242 g/mol. The summed E-state index contributed by atoms with van der Waals surface area (Å²) >= 11 is 0. The third-order valence-corrected chi connectivity index (χ3v) is 2.81. The SMILES string of the molecule is CC(=O)OC(CC(C)(C)C)C1OC(=O)C[C@H]1C. The lowest BCUT2D eigenvalue weighted by Crippen LogP contribution is -2.37. The van der Waals surface area contributed by atoms with Crippen molar-refractivity contribution in [3.8, 4) is 0 Å². The molecule has 0 N–H and O–H groups in total. The number of carbonyl (C=O) groups is 2. The molecule has 4 heteroatoms. The molecule has 0 radical (unpaired) electrons. The highest BCUT2D eigenvalue weighted by atomic mass is 16.6. The predicted octanol–water partition coefficient (Wildman–Crippen LogP) is 2.31. The molecule has 1 fully saturated rings. The smallest absolute Gasteiger partial charge is 0.306 e. The topological polar surface area (TPSA) is 52.6 Å². The van der Waals surface area contributed by atoms with E-state index in [9.17, 15) is 9.59 Å². The van der Waals surface area contributed by atoms with Crippen LogP contribution in [0, 0.1) is 11.3 Å². The molecule has 2 unspecified atom stereocenters. The molecule has 1 heterocycles. The number of carbonyl (C=O) groups excluding carboxylic acids is 2. The van der Waals surface area contributed by atoms with Crippen molar-refractivity contribution in [1.82, 2.24) is 0 Å². The molecule has 17 heavy (non-hydrogen) atoms. The van der Waals surface area contributed by atoms with Crippen LogP contribution in [0.15, 0.2) is 0 Å². The van der Waals surface area contributed by atoms with Gasteiger partial charge in [-0.2, -0.15) is 0 Å². The van der Waals surface area contributed by atoms with Crippen molar-refractivity contribution >= 4 is 11.9 Å². The lowest BCUT2D eigenvalue weighted by atomic mass is 9.85. The second kappa shape index (κ2) is 5.07. The van der Waals surface area contributed by atoms with Gasteiger partial charge >= 0.3 is 11.9 Å². The number of cyclic esters (lactones) is 1. The molecule has 0 aromatic rings. The summed E-state index contributed by atoms with van der Waals surface area (Å²) in [7, 11) is 0. The highest BCUT2D eigenvalue weighted by molar-refractivity contribution is 5.72. The summed E-state index contributed by atoms with van der Waals surface area (Å²) in [6, 6.07) is 0.